The fourth-order valence-electron chi connectivity index (χ4n) is 1.51. The van der Waals surface area contributed by atoms with Gasteiger partial charge in [-0.3, -0.25) is 19.7 Å². The zero-order valence-electron chi connectivity index (χ0n) is 8.61. The summed E-state index contributed by atoms with van der Waals surface area (Å²) in [6.45, 7) is 3.41. The van der Waals surface area contributed by atoms with Crippen molar-refractivity contribution in [3.63, 3.8) is 0 Å². The molecule has 6 nitrogen and oxygen atoms in total. The van der Waals surface area contributed by atoms with Gasteiger partial charge in [0.1, 0.15) is 0 Å². The highest BCUT2D eigenvalue weighted by Crippen LogP contribution is 2.20. The fraction of sp³-hybridized carbons (Fsp3) is 0.667. The van der Waals surface area contributed by atoms with Gasteiger partial charge in [-0.15, -0.1) is 0 Å². The highest BCUT2D eigenvalue weighted by Gasteiger charge is 2.36. The molecule has 0 aliphatic carbocycles. The normalized spacial score (nSPS) is 32.9. The fourth-order valence-corrected chi connectivity index (χ4v) is 1.51. The van der Waals surface area contributed by atoms with E-state index in [9.17, 15) is 14.4 Å². The van der Waals surface area contributed by atoms with Crippen LogP contribution >= 0.6 is 0 Å². The molecule has 6 heteroatoms. The number of nitrogens with one attached hydrogen (secondary N) is 2. The molecule has 3 unspecified atom stereocenters. The smallest absolute Gasteiger partial charge is 0.260 e. The van der Waals surface area contributed by atoms with Crippen molar-refractivity contribution in [2.24, 2.45) is 17.0 Å². The molecule has 1 aliphatic heterocycles. The predicted molar refractivity (Wildman–Crippen MR) is 50.0 cm³/mol. The molecule has 0 aromatic heterocycles. The molecule has 82 valence electrons. The van der Waals surface area contributed by atoms with Gasteiger partial charge in [0.15, 0.2) is 5.78 Å². The summed E-state index contributed by atoms with van der Waals surface area (Å²) in [5.41, 5.74) is 6.78. The number of carbonyl (C=O) groups is 3. The molecule has 2 N–H and O–H groups in total. The van der Waals surface area contributed by atoms with E-state index in [-0.39, 0.29) is 12.3 Å². The van der Waals surface area contributed by atoms with Crippen LogP contribution in [0.2, 0.25) is 0 Å². The van der Waals surface area contributed by atoms with E-state index in [1.54, 1.807) is 13.8 Å². The predicted octanol–water partition coefficient (Wildman–Crippen LogP) is 0.274. The molecule has 1 heterocycles. The number of rotatable bonds is 1. The summed E-state index contributed by atoms with van der Waals surface area (Å²) in [4.78, 5) is 34.2. The Labute approximate surface area is 86.9 Å². The van der Waals surface area contributed by atoms with Crippen molar-refractivity contribution >= 4 is 17.6 Å². The molecule has 3 atom stereocenters. The van der Waals surface area contributed by atoms with Crippen LogP contribution in [0.15, 0.2) is 5.11 Å². The lowest BCUT2D eigenvalue weighted by molar-refractivity contribution is -0.138. The minimum absolute atomic E-state index is 0.142. The first-order valence-electron chi connectivity index (χ1n) is 4.71. The largest absolute Gasteiger partial charge is 0.296 e. The molecule has 0 aromatic rings. The summed E-state index contributed by atoms with van der Waals surface area (Å²) < 4.78 is 0. The van der Waals surface area contributed by atoms with Gasteiger partial charge in [0.25, 0.3) is 5.91 Å². The van der Waals surface area contributed by atoms with Crippen LogP contribution in [0.1, 0.15) is 20.3 Å². The van der Waals surface area contributed by atoms with Gasteiger partial charge in [-0.2, -0.15) is 5.11 Å². The number of imide groups is 1. The molecule has 15 heavy (non-hydrogen) atoms. The van der Waals surface area contributed by atoms with Crippen molar-refractivity contribution < 1.29 is 14.4 Å². The SMILES string of the molecule is CC1CC(=O)NC(=O)C(N=N)C(=O)C1C. The molecular formula is C9H13N3O3. The van der Waals surface area contributed by atoms with Gasteiger partial charge in [-0.25, -0.2) is 5.53 Å². The quantitative estimate of drug-likeness (QED) is 0.370. The molecular weight excluding hydrogens is 198 g/mol. The molecule has 0 radical (unpaired) electrons. The lowest BCUT2D eigenvalue weighted by Gasteiger charge is -2.23. The number of carbonyl (C=O) groups excluding carboxylic acids is 3. The minimum Gasteiger partial charge on any atom is -0.296 e. The second-order valence-corrected chi connectivity index (χ2v) is 3.82. The summed E-state index contributed by atoms with van der Waals surface area (Å²) >= 11 is 0. The lowest BCUT2D eigenvalue weighted by atomic mass is 9.85. The number of ketones is 1. The minimum atomic E-state index is -1.37. The standard InChI is InChI=1S/C9H13N3O3/c1-4-3-6(13)11-9(15)7(12-10)8(14)5(4)2/h4-5,7,10H,3H2,1-2H3,(H,11,13,15). The topological polar surface area (TPSA) is 99.4 Å². The van der Waals surface area contributed by atoms with Gasteiger partial charge in [0, 0.05) is 12.3 Å². The molecule has 1 fully saturated rings. The Morgan fingerprint density at radius 3 is 2.47 bits per heavy atom. The highest BCUT2D eigenvalue weighted by atomic mass is 16.2. The third kappa shape index (κ3) is 2.26. The van der Waals surface area contributed by atoms with Crippen LogP contribution in [-0.4, -0.2) is 23.6 Å². The number of nitrogens with zero attached hydrogens (tertiary/aromatic N) is 1. The zero-order chi connectivity index (χ0) is 11.6. The van der Waals surface area contributed by atoms with Crippen LogP contribution in [0.5, 0.6) is 0 Å². The van der Waals surface area contributed by atoms with E-state index >= 15 is 0 Å². The van der Waals surface area contributed by atoms with Gasteiger partial charge >= 0.3 is 0 Å². The first-order valence-corrected chi connectivity index (χ1v) is 4.71. The van der Waals surface area contributed by atoms with Crippen LogP contribution in [0.4, 0.5) is 0 Å². The Morgan fingerprint density at radius 1 is 1.33 bits per heavy atom. The first kappa shape index (κ1) is 11.5. The summed E-state index contributed by atoms with van der Waals surface area (Å²) in [6.07, 6.45) is 0.142. The summed E-state index contributed by atoms with van der Waals surface area (Å²) in [6, 6.07) is -1.37. The van der Waals surface area contributed by atoms with E-state index < -0.39 is 29.6 Å². The third-order valence-electron chi connectivity index (χ3n) is 2.72. The molecule has 0 spiro atoms. The van der Waals surface area contributed by atoms with Crippen molar-refractivity contribution in [1.82, 2.24) is 5.32 Å². The summed E-state index contributed by atoms with van der Waals surface area (Å²) in [5, 5.41) is 5.02. The number of hydrogen-bond acceptors (Lipinski definition) is 5. The van der Waals surface area contributed by atoms with E-state index in [0.29, 0.717) is 0 Å². The van der Waals surface area contributed by atoms with E-state index in [2.05, 4.69) is 10.4 Å². The van der Waals surface area contributed by atoms with E-state index in [0.717, 1.165) is 0 Å². The van der Waals surface area contributed by atoms with Gasteiger partial charge in [-0.1, -0.05) is 13.8 Å². The van der Waals surface area contributed by atoms with Crippen LogP contribution < -0.4 is 5.32 Å². The number of Topliss-reactive ketones (excluding diaryl/α,β-unsaturated/α-hetero) is 1. The van der Waals surface area contributed by atoms with Crippen molar-refractivity contribution in [3.8, 4) is 0 Å². The maximum Gasteiger partial charge on any atom is 0.260 e. The Bertz CT molecular complexity index is 327. The molecule has 1 saturated heterocycles. The highest BCUT2D eigenvalue weighted by molar-refractivity contribution is 6.12. The number of amides is 2. The summed E-state index contributed by atoms with van der Waals surface area (Å²) in [5.74, 6) is -2.18. The zero-order valence-corrected chi connectivity index (χ0v) is 8.61. The molecule has 0 saturated carbocycles. The van der Waals surface area contributed by atoms with Crippen LogP contribution in [0.25, 0.3) is 0 Å². The molecule has 1 rings (SSSR count). The second-order valence-electron chi connectivity index (χ2n) is 3.82. The Hall–Kier alpha value is -1.59. The molecule has 0 bridgehead atoms. The van der Waals surface area contributed by atoms with Gasteiger partial charge in [-0.05, 0) is 5.92 Å². The van der Waals surface area contributed by atoms with Crippen LogP contribution in [0, 0.1) is 17.4 Å². The Balaban J connectivity index is 2.98. The van der Waals surface area contributed by atoms with Crippen molar-refractivity contribution in [2.75, 3.05) is 0 Å². The van der Waals surface area contributed by atoms with Crippen LogP contribution in [-0.2, 0) is 14.4 Å². The molecule has 2 amide bonds. The van der Waals surface area contributed by atoms with Gasteiger partial charge in [0.2, 0.25) is 11.9 Å². The average molecular weight is 211 g/mol. The maximum atomic E-state index is 11.7. The lowest BCUT2D eigenvalue weighted by Crippen LogP contribution is -2.47. The number of hydrogen-bond donors (Lipinski definition) is 2. The average Bonchev–Trinajstić information content (AvgIpc) is 2.15. The Kier molecular flexibility index (Phi) is 3.28. The summed E-state index contributed by atoms with van der Waals surface area (Å²) in [7, 11) is 0. The second kappa shape index (κ2) is 4.29. The third-order valence-corrected chi connectivity index (χ3v) is 2.72. The Morgan fingerprint density at radius 2 is 1.93 bits per heavy atom. The monoisotopic (exact) mass is 211 g/mol. The van der Waals surface area contributed by atoms with E-state index in [4.69, 9.17) is 5.53 Å². The van der Waals surface area contributed by atoms with Crippen molar-refractivity contribution in [1.29, 1.82) is 5.53 Å². The molecule has 1 aliphatic rings. The molecule has 0 aromatic carbocycles. The van der Waals surface area contributed by atoms with Crippen LogP contribution in [0.3, 0.4) is 0 Å². The van der Waals surface area contributed by atoms with Gasteiger partial charge < -0.3 is 0 Å². The maximum absolute atomic E-state index is 11.7. The van der Waals surface area contributed by atoms with Crippen molar-refractivity contribution in [2.45, 2.75) is 26.3 Å². The van der Waals surface area contributed by atoms with E-state index in [1.807, 2.05) is 0 Å². The van der Waals surface area contributed by atoms with E-state index in [1.165, 1.54) is 0 Å². The van der Waals surface area contributed by atoms with Crippen molar-refractivity contribution in [3.05, 3.63) is 0 Å². The van der Waals surface area contributed by atoms with Gasteiger partial charge in [0.05, 0.1) is 0 Å². The first-order chi connectivity index (χ1) is 6.97.